The normalized spacial score (nSPS) is 13.2. The highest BCUT2D eigenvalue weighted by molar-refractivity contribution is 6.06. The van der Waals surface area contributed by atoms with Gasteiger partial charge in [-0.15, -0.1) is 0 Å². The summed E-state index contributed by atoms with van der Waals surface area (Å²) in [5.74, 6) is -1.55. The van der Waals surface area contributed by atoms with E-state index in [0.717, 1.165) is 5.56 Å². The summed E-state index contributed by atoms with van der Waals surface area (Å²) < 4.78 is 5.12. The van der Waals surface area contributed by atoms with Crippen molar-refractivity contribution in [2.24, 2.45) is 0 Å². The molecule has 0 aromatic heterocycles. The molecule has 0 saturated carbocycles. The number of carbonyl (C=O) groups excluding carboxylic acids is 2. The molecule has 4 nitrogen and oxygen atoms in total. The summed E-state index contributed by atoms with van der Waals surface area (Å²) >= 11 is 0. The van der Waals surface area contributed by atoms with Gasteiger partial charge in [-0.1, -0.05) is 60.7 Å². The molecule has 0 unspecified atom stereocenters. The van der Waals surface area contributed by atoms with Crippen LogP contribution in [-0.4, -0.2) is 22.5 Å². The van der Waals surface area contributed by atoms with E-state index in [1.54, 1.807) is 36.4 Å². The lowest BCUT2D eigenvalue weighted by molar-refractivity contribution is -0.171. The zero-order valence-corrected chi connectivity index (χ0v) is 12.4. The highest BCUT2D eigenvalue weighted by atomic mass is 16.6. The van der Waals surface area contributed by atoms with Gasteiger partial charge in [-0.2, -0.15) is 0 Å². The number of hydrogen-bond acceptors (Lipinski definition) is 4. The SMILES string of the molecule is CC(=O)[C@@](O)(Cc1ccccc1)C(=O)OCc1ccccc1. The van der Waals surface area contributed by atoms with Crippen molar-refractivity contribution >= 4 is 11.8 Å². The van der Waals surface area contributed by atoms with Gasteiger partial charge in [0.1, 0.15) is 6.61 Å². The maximum Gasteiger partial charge on any atom is 0.346 e. The molecule has 0 aliphatic heterocycles. The zero-order valence-electron chi connectivity index (χ0n) is 12.4. The fraction of sp³-hybridized carbons (Fsp3) is 0.222. The first-order chi connectivity index (χ1) is 10.5. The van der Waals surface area contributed by atoms with Gasteiger partial charge < -0.3 is 9.84 Å². The zero-order chi connectivity index (χ0) is 16.0. The van der Waals surface area contributed by atoms with Gasteiger partial charge in [0.15, 0.2) is 5.78 Å². The first kappa shape index (κ1) is 15.9. The Morgan fingerprint density at radius 2 is 1.45 bits per heavy atom. The molecule has 0 aliphatic rings. The highest BCUT2D eigenvalue weighted by Crippen LogP contribution is 2.18. The highest BCUT2D eigenvalue weighted by Gasteiger charge is 2.42. The van der Waals surface area contributed by atoms with Gasteiger partial charge in [0.25, 0.3) is 0 Å². The van der Waals surface area contributed by atoms with E-state index < -0.39 is 17.4 Å². The van der Waals surface area contributed by atoms with Gasteiger partial charge in [0.2, 0.25) is 5.60 Å². The Kier molecular flexibility index (Phi) is 5.07. The number of ether oxygens (including phenoxy) is 1. The lowest BCUT2D eigenvalue weighted by Crippen LogP contribution is -2.48. The molecule has 0 saturated heterocycles. The minimum absolute atomic E-state index is 0.0179. The van der Waals surface area contributed by atoms with Gasteiger partial charge in [-0.3, -0.25) is 4.79 Å². The second kappa shape index (κ2) is 7.00. The quantitative estimate of drug-likeness (QED) is 0.656. The van der Waals surface area contributed by atoms with Crippen LogP contribution in [0.5, 0.6) is 0 Å². The number of aliphatic hydroxyl groups is 1. The van der Waals surface area contributed by atoms with Crippen LogP contribution in [0.2, 0.25) is 0 Å². The Morgan fingerprint density at radius 3 is 1.95 bits per heavy atom. The fourth-order valence-corrected chi connectivity index (χ4v) is 2.07. The van der Waals surface area contributed by atoms with E-state index >= 15 is 0 Å². The second-order valence-corrected chi connectivity index (χ2v) is 5.14. The van der Waals surface area contributed by atoms with Crippen molar-refractivity contribution in [1.82, 2.24) is 0 Å². The molecule has 0 spiro atoms. The maximum atomic E-state index is 12.2. The van der Waals surface area contributed by atoms with Crippen molar-refractivity contribution in [2.75, 3.05) is 0 Å². The van der Waals surface area contributed by atoms with Gasteiger partial charge in [0.05, 0.1) is 0 Å². The Labute approximate surface area is 129 Å². The largest absolute Gasteiger partial charge is 0.458 e. The molecule has 0 radical (unpaired) electrons. The Balaban J connectivity index is 2.09. The fourth-order valence-electron chi connectivity index (χ4n) is 2.07. The van der Waals surface area contributed by atoms with Gasteiger partial charge in [-0.05, 0) is 18.1 Å². The van der Waals surface area contributed by atoms with Crippen molar-refractivity contribution in [3.8, 4) is 0 Å². The predicted molar refractivity (Wildman–Crippen MR) is 82.0 cm³/mol. The van der Waals surface area contributed by atoms with Crippen LogP contribution >= 0.6 is 0 Å². The number of ketones is 1. The van der Waals surface area contributed by atoms with E-state index in [-0.39, 0.29) is 13.0 Å². The minimum Gasteiger partial charge on any atom is -0.458 e. The van der Waals surface area contributed by atoms with Crippen LogP contribution in [0.1, 0.15) is 18.1 Å². The lowest BCUT2D eigenvalue weighted by Gasteiger charge is -2.23. The molecule has 2 aromatic rings. The van der Waals surface area contributed by atoms with E-state index in [9.17, 15) is 14.7 Å². The minimum atomic E-state index is -2.16. The standard InChI is InChI=1S/C18H18O4/c1-14(19)18(21,12-15-8-4-2-5-9-15)17(20)22-13-16-10-6-3-7-11-16/h2-11,21H,12-13H2,1H3/t18-/m0/s1. The number of esters is 1. The van der Waals surface area contributed by atoms with E-state index in [1.165, 1.54) is 6.92 Å². The third-order valence-corrected chi connectivity index (χ3v) is 3.44. The summed E-state index contributed by atoms with van der Waals surface area (Å²) in [5, 5.41) is 10.5. The van der Waals surface area contributed by atoms with Crippen LogP contribution in [-0.2, 0) is 27.4 Å². The van der Waals surface area contributed by atoms with E-state index in [2.05, 4.69) is 0 Å². The Bertz CT molecular complexity index is 637. The molecule has 1 N–H and O–H groups in total. The summed E-state index contributed by atoms with van der Waals surface area (Å²) in [6.07, 6.45) is -0.100. The molecule has 2 aromatic carbocycles. The summed E-state index contributed by atoms with van der Waals surface area (Å²) in [4.78, 5) is 24.0. The van der Waals surface area contributed by atoms with Crippen molar-refractivity contribution < 1.29 is 19.4 Å². The first-order valence-electron chi connectivity index (χ1n) is 7.01. The number of hydrogen-bond donors (Lipinski definition) is 1. The van der Waals surface area contributed by atoms with Crippen molar-refractivity contribution in [3.05, 3.63) is 71.8 Å². The van der Waals surface area contributed by atoms with Crippen LogP contribution in [0.25, 0.3) is 0 Å². The van der Waals surface area contributed by atoms with Gasteiger partial charge >= 0.3 is 5.97 Å². The monoisotopic (exact) mass is 298 g/mol. The van der Waals surface area contributed by atoms with Crippen LogP contribution in [0.3, 0.4) is 0 Å². The second-order valence-electron chi connectivity index (χ2n) is 5.14. The molecule has 0 heterocycles. The van der Waals surface area contributed by atoms with E-state index in [1.807, 2.05) is 24.3 Å². The van der Waals surface area contributed by atoms with Gasteiger partial charge in [0, 0.05) is 6.42 Å². The van der Waals surface area contributed by atoms with Crippen LogP contribution in [0.15, 0.2) is 60.7 Å². The van der Waals surface area contributed by atoms with E-state index in [0.29, 0.717) is 5.56 Å². The molecule has 22 heavy (non-hydrogen) atoms. The topological polar surface area (TPSA) is 63.6 Å². The van der Waals surface area contributed by atoms with Gasteiger partial charge in [-0.25, -0.2) is 4.79 Å². The van der Waals surface area contributed by atoms with Crippen molar-refractivity contribution in [1.29, 1.82) is 0 Å². The average Bonchev–Trinajstić information content (AvgIpc) is 2.54. The number of benzene rings is 2. The van der Waals surface area contributed by atoms with E-state index in [4.69, 9.17) is 4.74 Å². The molecule has 114 valence electrons. The molecule has 0 bridgehead atoms. The van der Waals surface area contributed by atoms with Crippen LogP contribution < -0.4 is 0 Å². The Morgan fingerprint density at radius 1 is 0.955 bits per heavy atom. The lowest BCUT2D eigenvalue weighted by atomic mass is 9.91. The van der Waals surface area contributed by atoms with Crippen LogP contribution in [0.4, 0.5) is 0 Å². The summed E-state index contributed by atoms with van der Waals surface area (Å²) in [5.41, 5.74) is -0.672. The van der Waals surface area contributed by atoms with Crippen molar-refractivity contribution in [3.63, 3.8) is 0 Å². The molecule has 0 amide bonds. The molecule has 4 heteroatoms. The molecular formula is C18H18O4. The van der Waals surface area contributed by atoms with Crippen LogP contribution in [0, 0.1) is 0 Å². The Hall–Kier alpha value is -2.46. The molecule has 0 aliphatic carbocycles. The third-order valence-electron chi connectivity index (χ3n) is 3.44. The molecule has 1 atom stereocenters. The predicted octanol–water partition coefficient (Wildman–Crippen LogP) is 2.29. The first-order valence-corrected chi connectivity index (χ1v) is 7.01. The summed E-state index contributed by atoms with van der Waals surface area (Å²) in [7, 11) is 0. The number of Topliss-reactive ketones (excluding diaryl/α,β-unsaturated/α-hetero) is 1. The maximum absolute atomic E-state index is 12.2. The number of rotatable bonds is 6. The number of carbonyl (C=O) groups is 2. The molecular weight excluding hydrogens is 280 g/mol. The average molecular weight is 298 g/mol. The third kappa shape index (κ3) is 3.80. The summed E-state index contributed by atoms with van der Waals surface area (Å²) in [6.45, 7) is 1.21. The summed E-state index contributed by atoms with van der Waals surface area (Å²) in [6, 6.07) is 18.0. The smallest absolute Gasteiger partial charge is 0.346 e. The van der Waals surface area contributed by atoms with Crippen molar-refractivity contribution in [2.45, 2.75) is 25.6 Å². The molecule has 2 rings (SSSR count). The molecule has 0 fully saturated rings.